The molecular weight excluding hydrogens is 330 g/mol. The molecule has 2 rings (SSSR count). The average Bonchev–Trinajstić information content (AvgIpc) is 2.52. The molecule has 122 valence electrons. The molecule has 0 unspecified atom stereocenters. The summed E-state index contributed by atoms with van der Waals surface area (Å²) in [5, 5.41) is 2.78. The third-order valence-electron chi connectivity index (χ3n) is 3.13. The quantitative estimate of drug-likeness (QED) is 0.613. The summed E-state index contributed by atoms with van der Waals surface area (Å²) in [7, 11) is -3.21. The van der Waals surface area contributed by atoms with Crippen molar-refractivity contribution in [2.45, 2.75) is 22.6 Å². The summed E-state index contributed by atoms with van der Waals surface area (Å²) in [6, 6.07) is 16.3. The molecule has 0 fully saturated rings. The normalized spacial score (nSPS) is 11.2. The van der Waals surface area contributed by atoms with Crippen LogP contribution in [0.1, 0.15) is 12.8 Å². The van der Waals surface area contributed by atoms with Gasteiger partial charge in [-0.15, -0.1) is 11.8 Å². The lowest BCUT2D eigenvalue weighted by atomic mass is 10.3. The number of carbonyl (C=O) groups is 1. The molecule has 6 heteroatoms. The number of hydrogen-bond donors (Lipinski definition) is 1. The van der Waals surface area contributed by atoms with Gasteiger partial charge in [-0.1, -0.05) is 18.2 Å². The number of carbonyl (C=O) groups excluding carboxylic acids is 1. The first-order valence-corrected chi connectivity index (χ1v) is 10.1. The van der Waals surface area contributed by atoms with Crippen LogP contribution in [0.3, 0.4) is 0 Å². The Morgan fingerprint density at radius 1 is 1.04 bits per heavy atom. The van der Waals surface area contributed by atoms with E-state index in [1.54, 1.807) is 23.9 Å². The van der Waals surface area contributed by atoms with E-state index in [-0.39, 0.29) is 10.8 Å². The van der Waals surface area contributed by atoms with Gasteiger partial charge in [-0.2, -0.15) is 0 Å². The van der Waals surface area contributed by atoms with Crippen molar-refractivity contribution in [3.8, 4) is 0 Å². The number of anilines is 1. The van der Waals surface area contributed by atoms with Gasteiger partial charge in [-0.05, 0) is 48.6 Å². The minimum absolute atomic E-state index is 0.0641. The van der Waals surface area contributed by atoms with Gasteiger partial charge in [-0.25, -0.2) is 8.42 Å². The summed E-state index contributed by atoms with van der Waals surface area (Å²) < 4.78 is 22.7. The molecule has 0 saturated heterocycles. The minimum Gasteiger partial charge on any atom is -0.326 e. The van der Waals surface area contributed by atoms with Crippen molar-refractivity contribution in [3.63, 3.8) is 0 Å². The number of sulfone groups is 1. The van der Waals surface area contributed by atoms with E-state index in [1.807, 2.05) is 30.3 Å². The lowest BCUT2D eigenvalue weighted by Gasteiger charge is -2.06. The summed E-state index contributed by atoms with van der Waals surface area (Å²) in [5.41, 5.74) is 0.609. The third-order valence-corrected chi connectivity index (χ3v) is 5.35. The van der Waals surface area contributed by atoms with Crippen LogP contribution in [-0.4, -0.2) is 26.3 Å². The van der Waals surface area contributed by atoms with Crippen LogP contribution < -0.4 is 5.32 Å². The van der Waals surface area contributed by atoms with Gasteiger partial charge in [0.15, 0.2) is 9.84 Å². The Morgan fingerprint density at radius 3 is 2.30 bits per heavy atom. The number of thioether (sulfide) groups is 1. The van der Waals surface area contributed by atoms with Crippen LogP contribution in [0.4, 0.5) is 5.69 Å². The predicted molar refractivity (Wildman–Crippen MR) is 94.6 cm³/mol. The molecule has 0 atom stereocenters. The Balaban J connectivity index is 1.74. The van der Waals surface area contributed by atoms with E-state index >= 15 is 0 Å². The van der Waals surface area contributed by atoms with E-state index < -0.39 is 9.84 Å². The average molecular weight is 349 g/mol. The second kappa shape index (κ2) is 8.17. The lowest BCUT2D eigenvalue weighted by Crippen LogP contribution is -2.11. The first-order valence-electron chi connectivity index (χ1n) is 7.23. The van der Waals surface area contributed by atoms with Crippen LogP contribution in [0.5, 0.6) is 0 Å². The fourth-order valence-corrected chi connectivity index (χ4v) is 3.45. The smallest absolute Gasteiger partial charge is 0.224 e. The molecule has 0 radical (unpaired) electrons. The highest BCUT2D eigenvalue weighted by molar-refractivity contribution is 7.99. The highest BCUT2D eigenvalue weighted by Crippen LogP contribution is 2.19. The molecule has 0 aliphatic heterocycles. The van der Waals surface area contributed by atoms with E-state index in [2.05, 4.69) is 5.32 Å². The minimum atomic E-state index is -3.21. The molecule has 0 spiro atoms. The Hall–Kier alpha value is -1.79. The second-order valence-corrected chi connectivity index (χ2v) is 8.29. The van der Waals surface area contributed by atoms with E-state index in [9.17, 15) is 13.2 Å². The third kappa shape index (κ3) is 6.08. The van der Waals surface area contributed by atoms with Crippen molar-refractivity contribution in [1.29, 1.82) is 0 Å². The van der Waals surface area contributed by atoms with E-state index in [0.29, 0.717) is 12.1 Å². The molecular formula is C17H19NO3S2. The molecule has 4 nitrogen and oxygen atoms in total. The zero-order chi connectivity index (χ0) is 16.7. The molecule has 23 heavy (non-hydrogen) atoms. The van der Waals surface area contributed by atoms with Gasteiger partial charge in [-0.3, -0.25) is 4.79 Å². The highest BCUT2D eigenvalue weighted by Gasteiger charge is 2.07. The molecule has 2 aromatic rings. The monoisotopic (exact) mass is 349 g/mol. The number of amides is 1. The summed E-state index contributed by atoms with van der Waals surface area (Å²) >= 11 is 1.73. The largest absolute Gasteiger partial charge is 0.326 e. The molecule has 1 N–H and O–H groups in total. The van der Waals surface area contributed by atoms with Crippen molar-refractivity contribution < 1.29 is 13.2 Å². The van der Waals surface area contributed by atoms with E-state index in [4.69, 9.17) is 0 Å². The van der Waals surface area contributed by atoms with Crippen molar-refractivity contribution in [1.82, 2.24) is 0 Å². The molecule has 0 aliphatic rings. The van der Waals surface area contributed by atoms with Crippen LogP contribution in [0.15, 0.2) is 64.4 Å². The van der Waals surface area contributed by atoms with Gasteiger partial charge in [0.05, 0.1) is 4.90 Å². The molecule has 0 aliphatic carbocycles. The zero-order valence-electron chi connectivity index (χ0n) is 12.9. The van der Waals surface area contributed by atoms with Crippen LogP contribution in [0, 0.1) is 0 Å². The van der Waals surface area contributed by atoms with Crippen LogP contribution in [0.2, 0.25) is 0 Å². The molecule has 0 bridgehead atoms. The van der Waals surface area contributed by atoms with Gasteiger partial charge >= 0.3 is 0 Å². The Morgan fingerprint density at radius 2 is 1.70 bits per heavy atom. The fraction of sp³-hybridized carbons (Fsp3) is 0.235. The molecule has 0 heterocycles. The Labute approximate surface area is 141 Å². The van der Waals surface area contributed by atoms with Crippen LogP contribution >= 0.6 is 11.8 Å². The highest BCUT2D eigenvalue weighted by atomic mass is 32.2. The molecule has 1 amide bonds. The maximum atomic E-state index is 11.9. The summed E-state index contributed by atoms with van der Waals surface area (Å²) in [4.78, 5) is 13.3. The Bertz CT molecular complexity index is 741. The first kappa shape index (κ1) is 17.6. The van der Waals surface area contributed by atoms with E-state index in [0.717, 1.165) is 18.4 Å². The van der Waals surface area contributed by atoms with Crippen LogP contribution in [-0.2, 0) is 14.6 Å². The summed E-state index contributed by atoms with van der Waals surface area (Å²) in [6.07, 6.45) is 2.38. The predicted octanol–water partition coefficient (Wildman–Crippen LogP) is 3.60. The maximum absolute atomic E-state index is 11.9. The standard InChI is InChI=1S/C17H19NO3S2/c1-23(20,21)16-11-9-14(10-12-16)18-17(19)8-5-13-22-15-6-3-2-4-7-15/h2-4,6-7,9-12H,5,8,13H2,1H3,(H,18,19). The molecule has 2 aromatic carbocycles. The SMILES string of the molecule is CS(=O)(=O)c1ccc(NC(=O)CCCSc2ccccc2)cc1. The van der Waals surface area contributed by atoms with Crippen molar-refractivity contribution in [3.05, 3.63) is 54.6 Å². The number of hydrogen-bond acceptors (Lipinski definition) is 4. The van der Waals surface area contributed by atoms with Gasteiger partial charge in [0, 0.05) is 23.3 Å². The van der Waals surface area contributed by atoms with Crippen LogP contribution in [0.25, 0.3) is 0 Å². The number of benzene rings is 2. The van der Waals surface area contributed by atoms with Gasteiger partial charge in [0.1, 0.15) is 0 Å². The topological polar surface area (TPSA) is 63.2 Å². The van der Waals surface area contributed by atoms with Crippen molar-refractivity contribution in [2.75, 3.05) is 17.3 Å². The Kier molecular flexibility index (Phi) is 6.24. The molecule has 0 aromatic heterocycles. The summed E-state index contributed by atoms with van der Waals surface area (Å²) in [6.45, 7) is 0. The summed E-state index contributed by atoms with van der Waals surface area (Å²) in [5.74, 6) is 0.815. The maximum Gasteiger partial charge on any atom is 0.224 e. The zero-order valence-corrected chi connectivity index (χ0v) is 14.5. The van der Waals surface area contributed by atoms with Crippen molar-refractivity contribution in [2.24, 2.45) is 0 Å². The second-order valence-electron chi connectivity index (χ2n) is 5.11. The fourth-order valence-electron chi connectivity index (χ4n) is 1.95. The number of nitrogens with one attached hydrogen (secondary N) is 1. The lowest BCUT2D eigenvalue weighted by molar-refractivity contribution is -0.116. The van der Waals surface area contributed by atoms with Crippen molar-refractivity contribution >= 4 is 33.2 Å². The van der Waals surface area contributed by atoms with E-state index in [1.165, 1.54) is 17.0 Å². The van der Waals surface area contributed by atoms with Gasteiger partial charge < -0.3 is 5.32 Å². The molecule has 0 saturated carbocycles. The first-order chi connectivity index (χ1) is 10.9. The number of rotatable bonds is 7. The van der Waals surface area contributed by atoms with Gasteiger partial charge in [0.25, 0.3) is 0 Å². The van der Waals surface area contributed by atoms with Gasteiger partial charge in [0.2, 0.25) is 5.91 Å².